The number of hydrogen-bond donors (Lipinski definition) is 1. The molecule has 0 aromatic heterocycles. The third kappa shape index (κ3) is 3.23. The van der Waals surface area contributed by atoms with Crippen LogP contribution in [0.25, 0.3) is 16.8 Å². The lowest BCUT2D eigenvalue weighted by Crippen LogP contribution is -2.24. The maximum absolute atomic E-state index is 9.44. The van der Waals surface area contributed by atoms with Crippen LogP contribution in [0.5, 0.6) is 0 Å². The van der Waals surface area contributed by atoms with E-state index in [-0.39, 0.29) is 12.7 Å². The van der Waals surface area contributed by atoms with E-state index < -0.39 is 0 Å². The fourth-order valence-electron chi connectivity index (χ4n) is 2.70. The summed E-state index contributed by atoms with van der Waals surface area (Å²) in [6.07, 6.45) is 6.09. The van der Waals surface area contributed by atoms with Crippen molar-refractivity contribution in [3.8, 4) is 0 Å². The Hall–Kier alpha value is -1.90. The zero-order valence-corrected chi connectivity index (χ0v) is 12.2. The lowest BCUT2D eigenvalue weighted by molar-refractivity contribution is 0.0707. The molecule has 0 saturated heterocycles. The SMILES string of the molecule is C[C@@H]1C=C(CO)[C@H](C=Cc2ccc3ccccc3c2)OC1. The topological polar surface area (TPSA) is 29.5 Å². The van der Waals surface area contributed by atoms with E-state index in [1.807, 2.05) is 18.2 Å². The molecule has 21 heavy (non-hydrogen) atoms. The van der Waals surface area contributed by atoms with Gasteiger partial charge in [-0.2, -0.15) is 0 Å². The van der Waals surface area contributed by atoms with Gasteiger partial charge in [0.15, 0.2) is 0 Å². The van der Waals surface area contributed by atoms with Crippen molar-refractivity contribution in [2.24, 2.45) is 5.92 Å². The monoisotopic (exact) mass is 280 g/mol. The predicted octanol–water partition coefficient (Wildman–Crippen LogP) is 3.81. The standard InChI is InChI=1S/C19H20O2/c1-14-10-18(12-20)19(21-13-14)9-7-15-6-8-16-4-2-3-5-17(16)11-15/h2-11,14,19-20H,12-13H2,1H3/t14-,19+/m1/s1. The van der Waals surface area contributed by atoms with Gasteiger partial charge in [0.25, 0.3) is 0 Å². The van der Waals surface area contributed by atoms with E-state index in [1.165, 1.54) is 10.8 Å². The summed E-state index contributed by atoms with van der Waals surface area (Å²) in [6.45, 7) is 2.85. The molecule has 2 aromatic rings. The summed E-state index contributed by atoms with van der Waals surface area (Å²) in [6, 6.07) is 14.7. The van der Waals surface area contributed by atoms with Crippen molar-refractivity contribution in [2.45, 2.75) is 13.0 Å². The maximum atomic E-state index is 9.44. The average molecular weight is 280 g/mol. The molecule has 1 aliphatic heterocycles. The summed E-state index contributed by atoms with van der Waals surface area (Å²) in [5.41, 5.74) is 2.10. The molecule has 0 aliphatic carbocycles. The number of benzene rings is 2. The zero-order valence-electron chi connectivity index (χ0n) is 12.2. The van der Waals surface area contributed by atoms with Crippen molar-refractivity contribution in [3.63, 3.8) is 0 Å². The number of rotatable bonds is 3. The normalized spacial score (nSPS) is 22.7. The summed E-state index contributed by atoms with van der Waals surface area (Å²) in [5.74, 6) is 0.373. The van der Waals surface area contributed by atoms with E-state index >= 15 is 0 Å². The quantitative estimate of drug-likeness (QED) is 0.866. The highest BCUT2D eigenvalue weighted by atomic mass is 16.5. The van der Waals surface area contributed by atoms with Crippen LogP contribution in [0.1, 0.15) is 12.5 Å². The van der Waals surface area contributed by atoms with Crippen LogP contribution in [0.3, 0.4) is 0 Å². The Morgan fingerprint density at radius 1 is 1.19 bits per heavy atom. The van der Waals surface area contributed by atoms with Crippen LogP contribution in [0.15, 0.2) is 60.2 Å². The maximum Gasteiger partial charge on any atom is 0.0992 e. The third-order valence-corrected chi connectivity index (χ3v) is 3.82. The minimum Gasteiger partial charge on any atom is -0.392 e. The number of fused-ring (bicyclic) bond motifs is 1. The van der Waals surface area contributed by atoms with Gasteiger partial charge in [-0.05, 0) is 33.9 Å². The van der Waals surface area contributed by atoms with Gasteiger partial charge in [0, 0.05) is 0 Å². The van der Waals surface area contributed by atoms with Gasteiger partial charge in [0.1, 0.15) is 0 Å². The van der Waals surface area contributed by atoms with Gasteiger partial charge < -0.3 is 9.84 Å². The average Bonchev–Trinajstić information content (AvgIpc) is 2.53. The van der Waals surface area contributed by atoms with Crippen LogP contribution in [0.4, 0.5) is 0 Å². The van der Waals surface area contributed by atoms with Crippen LogP contribution in [0, 0.1) is 5.92 Å². The Balaban J connectivity index is 1.82. The molecule has 1 N–H and O–H groups in total. The van der Waals surface area contributed by atoms with E-state index in [9.17, 15) is 5.11 Å². The van der Waals surface area contributed by atoms with Gasteiger partial charge in [-0.15, -0.1) is 0 Å². The largest absolute Gasteiger partial charge is 0.392 e. The highest BCUT2D eigenvalue weighted by Crippen LogP contribution is 2.21. The van der Waals surface area contributed by atoms with Gasteiger partial charge in [0.05, 0.1) is 19.3 Å². The van der Waals surface area contributed by atoms with Crippen LogP contribution >= 0.6 is 0 Å². The van der Waals surface area contributed by atoms with Gasteiger partial charge in [-0.1, -0.05) is 61.5 Å². The van der Waals surface area contributed by atoms with Gasteiger partial charge in [0.2, 0.25) is 0 Å². The Bertz CT molecular complexity index is 685. The molecule has 0 radical (unpaired) electrons. The number of aliphatic hydroxyl groups is 1. The lowest BCUT2D eigenvalue weighted by Gasteiger charge is -2.24. The van der Waals surface area contributed by atoms with Crippen molar-refractivity contribution in [2.75, 3.05) is 13.2 Å². The number of hydrogen-bond acceptors (Lipinski definition) is 2. The van der Waals surface area contributed by atoms with Crippen molar-refractivity contribution in [1.29, 1.82) is 0 Å². The van der Waals surface area contributed by atoms with Crippen LogP contribution in [-0.4, -0.2) is 24.4 Å². The lowest BCUT2D eigenvalue weighted by atomic mass is 9.99. The molecule has 0 spiro atoms. The highest BCUT2D eigenvalue weighted by Gasteiger charge is 2.18. The van der Waals surface area contributed by atoms with Crippen molar-refractivity contribution in [1.82, 2.24) is 0 Å². The molecule has 1 heterocycles. The van der Waals surface area contributed by atoms with E-state index in [1.54, 1.807) is 0 Å². The second-order valence-corrected chi connectivity index (χ2v) is 5.60. The molecule has 0 bridgehead atoms. The Morgan fingerprint density at radius 3 is 2.81 bits per heavy atom. The Morgan fingerprint density at radius 2 is 2.00 bits per heavy atom. The summed E-state index contributed by atoms with van der Waals surface area (Å²) in [4.78, 5) is 0. The summed E-state index contributed by atoms with van der Waals surface area (Å²) < 4.78 is 5.79. The fraction of sp³-hybridized carbons (Fsp3) is 0.263. The molecule has 1 aliphatic rings. The Labute approximate surface area is 125 Å². The minimum atomic E-state index is -0.113. The van der Waals surface area contributed by atoms with E-state index in [0.29, 0.717) is 12.5 Å². The van der Waals surface area contributed by atoms with E-state index in [2.05, 4.69) is 49.4 Å². The van der Waals surface area contributed by atoms with Crippen molar-refractivity contribution in [3.05, 3.63) is 65.8 Å². The first kappa shape index (κ1) is 14.1. The molecule has 2 heteroatoms. The molecule has 2 aromatic carbocycles. The zero-order chi connectivity index (χ0) is 14.7. The van der Waals surface area contributed by atoms with Crippen LogP contribution in [0.2, 0.25) is 0 Å². The van der Waals surface area contributed by atoms with Gasteiger partial charge in [-0.25, -0.2) is 0 Å². The second kappa shape index (κ2) is 6.25. The molecule has 2 nitrogen and oxygen atoms in total. The van der Waals surface area contributed by atoms with Crippen molar-refractivity contribution >= 4 is 16.8 Å². The molecule has 0 fully saturated rings. The van der Waals surface area contributed by atoms with Crippen LogP contribution < -0.4 is 0 Å². The molecule has 0 amide bonds. The smallest absolute Gasteiger partial charge is 0.0992 e. The van der Waals surface area contributed by atoms with E-state index in [0.717, 1.165) is 11.1 Å². The summed E-state index contributed by atoms with van der Waals surface area (Å²) in [5, 5.41) is 11.9. The van der Waals surface area contributed by atoms with E-state index in [4.69, 9.17) is 4.74 Å². The summed E-state index contributed by atoms with van der Waals surface area (Å²) in [7, 11) is 0. The summed E-state index contributed by atoms with van der Waals surface area (Å²) >= 11 is 0. The molecular weight excluding hydrogens is 260 g/mol. The molecule has 0 unspecified atom stereocenters. The van der Waals surface area contributed by atoms with Gasteiger partial charge in [-0.3, -0.25) is 0 Å². The van der Waals surface area contributed by atoms with Crippen molar-refractivity contribution < 1.29 is 9.84 Å². The number of aliphatic hydroxyl groups excluding tert-OH is 1. The Kier molecular flexibility index (Phi) is 4.18. The first-order chi connectivity index (χ1) is 10.3. The van der Waals surface area contributed by atoms with Crippen LogP contribution in [-0.2, 0) is 4.74 Å². The minimum absolute atomic E-state index is 0.0526. The molecule has 2 atom stereocenters. The highest BCUT2D eigenvalue weighted by molar-refractivity contribution is 5.84. The third-order valence-electron chi connectivity index (χ3n) is 3.82. The molecule has 3 rings (SSSR count). The predicted molar refractivity (Wildman–Crippen MR) is 87.1 cm³/mol. The first-order valence-corrected chi connectivity index (χ1v) is 7.36. The molecule has 0 saturated carbocycles. The second-order valence-electron chi connectivity index (χ2n) is 5.60. The fourth-order valence-corrected chi connectivity index (χ4v) is 2.70. The molecule has 108 valence electrons. The first-order valence-electron chi connectivity index (χ1n) is 7.36. The molecular formula is C19H20O2. The number of ether oxygens (including phenoxy) is 1. The van der Waals surface area contributed by atoms with Gasteiger partial charge >= 0.3 is 0 Å².